The van der Waals surface area contributed by atoms with Crippen molar-refractivity contribution in [3.8, 4) is 0 Å². The molecular formula is C30H52O2. The first-order chi connectivity index (χ1) is 14.6. The summed E-state index contributed by atoms with van der Waals surface area (Å²) >= 11 is 0. The van der Waals surface area contributed by atoms with Gasteiger partial charge in [-0.15, -0.1) is 0 Å². The summed E-state index contributed by atoms with van der Waals surface area (Å²) in [6.07, 6.45) is 12.6. The van der Waals surface area contributed by atoms with E-state index in [0.29, 0.717) is 39.4 Å². The van der Waals surface area contributed by atoms with Crippen LogP contribution in [0.3, 0.4) is 0 Å². The maximum atomic E-state index is 11.2. The molecule has 0 spiro atoms. The van der Waals surface area contributed by atoms with Crippen LogP contribution in [-0.4, -0.2) is 21.9 Å². The van der Waals surface area contributed by atoms with Gasteiger partial charge in [-0.1, -0.05) is 41.5 Å². The van der Waals surface area contributed by atoms with Crippen LogP contribution in [0.2, 0.25) is 0 Å². The van der Waals surface area contributed by atoms with Crippen LogP contribution in [0.4, 0.5) is 0 Å². The number of rotatable bonds is 1. The van der Waals surface area contributed by atoms with Crippen LogP contribution in [0.1, 0.15) is 120 Å². The van der Waals surface area contributed by atoms with E-state index in [-0.39, 0.29) is 11.5 Å². The van der Waals surface area contributed by atoms with Crippen molar-refractivity contribution in [3.63, 3.8) is 0 Å². The summed E-state index contributed by atoms with van der Waals surface area (Å²) < 4.78 is 0. The number of aliphatic hydroxyl groups excluding tert-OH is 1. The fraction of sp³-hybridized carbons (Fsp3) is 1.00. The van der Waals surface area contributed by atoms with Gasteiger partial charge in [-0.3, -0.25) is 0 Å². The predicted molar refractivity (Wildman–Crippen MR) is 132 cm³/mol. The first-order valence-corrected chi connectivity index (χ1v) is 14.0. The Balaban J connectivity index is 1.54. The first kappa shape index (κ1) is 23.7. The SMILES string of the molecule is CC(C)(O)[C@@H]1CC[C@]2(C)CC[C@]3(C)[C@H](CC[C@@H]4[C@@]5(C)CC[C@@H](O)C(C)(C)[C@H]5CC[C@]43C)[C@H]12. The molecule has 184 valence electrons. The van der Waals surface area contributed by atoms with Crippen LogP contribution in [-0.2, 0) is 0 Å². The number of aliphatic hydroxyl groups is 2. The van der Waals surface area contributed by atoms with Gasteiger partial charge in [-0.05, 0) is 135 Å². The van der Waals surface area contributed by atoms with Gasteiger partial charge >= 0.3 is 0 Å². The lowest BCUT2D eigenvalue weighted by Crippen LogP contribution is -2.66. The summed E-state index contributed by atoms with van der Waals surface area (Å²) in [4.78, 5) is 0. The molecule has 0 aromatic carbocycles. The number of hydrogen-bond acceptors (Lipinski definition) is 2. The standard InChI is InChI=1S/C30H52O2/c1-25(2)21-12-16-30(8)22(28(21,6)15-13-23(25)31)10-9-20-24-19(26(3,4)32)11-14-27(24,5)17-18-29(20,30)7/h19-24,31-32H,9-18H2,1-8H3/t19-,20-,21-,22-,23-,24+,27-,28+,29-,30-/m1/s1. The molecule has 0 unspecified atom stereocenters. The largest absolute Gasteiger partial charge is 0.393 e. The van der Waals surface area contributed by atoms with E-state index in [9.17, 15) is 10.2 Å². The van der Waals surface area contributed by atoms with Gasteiger partial charge in [-0.25, -0.2) is 0 Å². The fourth-order valence-electron chi connectivity index (χ4n) is 11.7. The van der Waals surface area contributed by atoms with Crippen LogP contribution >= 0.6 is 0 Å². The Hall–Kier alpha value is -0.0800. The van der Waals surface area contributed by atoms with Gasteiger partial charge in [0.15, 0.2) is 0 Å². The highest BCUT2D eigenvalue weighted by molar-refractivity contribution is 5.19. The van der Waals surface area contributed by atoms with Crippen LogP contribution < -0.4 is 0 Å². The second-order valence-corrected chi connectivity index (χ2v) is 15.5. The Labute approximate surface area is 198 Å². The maximum absolute atomic E-state index is 11.2. The normalized spacial score (nSPS) is 57.2. The fourth-order valence-corrected chi connectivity index (χ4v) is 11.7. The quantitative estimate of drug-likeness (QED) is 0.448. The Morgan fingerprint density at radius 2 is 1.38 bits per heavy atom. The predicted octanol–water partition coefficient (Wildman–Crippen LogP) is 7.22. The molecule has 5 fully saturated rings. The van der Waals surface area contributed by atoms with Crippen molar-refractivity contribution in [2.45, 2.75) is 131 Å². The van der Waals surface area contributed by atoms with E-state index in [0.717, 1.165) is 18.3 Å². The van der Waals surface area contributed by atoms with Crippen molar-refractivity contribution in [2.75, 3.05) is 0 Å². The minimum atomic E-state index is -0.564. The summed E-state index contributed by atoms with van der Waals surface area (Å²) in [5, 5.41) is 22.1. The summed E-state index contributed by atoms with van der Waals surface area (Å²) in [5.74, 6) is 3.29. The first-order valence-electron chi connectivity index (χ1n) is 14.0. The Morgan fingerprint density at radius 1 is 0.688 bits per heavy atom. The molecule has 32 heavy (non-hydrogen) atoms. The van der Waals surface area contributed by atoms with Crippen LogP contribution in [0.25, 0.3) is 0 Å². The summed E-state index contributed by atoms with van der Waals surface area (Å²) in [7, 11) is 0. The average molecular weight is 445 g/mol. The molecule has 2 heteroatoms. The topological polar surface area (TPSA) is 40.5 Å². The molecule has 0 bridgehead atoms. The van der Waals surface area contributed by atoms with Gasteiger partial charge < -0.3 is 10.2 Å². The van der Waals surface area contributed by atoms with E-state index in [1.165, 1.54) is 57.8 Å². The van der Waals surface area contributed by atoms with Gasteiger partial charge in [-0.2, -0.15) is 0 Å². The molecule has 0 aromatic rings. The summed E-state index contributed by atoms with van der Waals surface area (Å²) in [6, 6.07) is 0. The highest BCUT2D eigenvalue weighted by Gasteiger charge is 2.70. The highest BCUT2D eigenvalue weighted by atomic mass is 16.3. The van der Waals surface area contributed by atoms with Crippen molar-refractivity contribution < 1.29 is 10.2 Å². The third-order valence-electron chi connectivity index (χ3n) is 13.7. The van der Waals surface area contributed by atoms with Crippen molar-refractivity contribution in [2.24, 2.45) is 56.7 Å². The van der Waals surface area contributed by atoms with Crippen molar-refractivity contribution >= 4 is 0 Å². The van der Waals surface area contributed by atoms with Crippen molar-refractivity contribution in [3.05, 3.63) is 0 Å². The number of fused-ring (bicyclic) bond motifs is 7. The zero-order valence-electron chi connectivity index (χ0n) is 22.4. The molecule has 5 saturated carbocycles. The Kier molecular flexibility index (Phi) is 5.01. The zero-order chi connectivity index (χ0) is 23.5. The van der Waals surface area contributed by atoms with E-state index in [1.807, 2.05) is 0 Å². The highest BCUT2D eigenvalue weighted by Crippen LogP contribution is 2.77. The third-order valence-corrected chi connectivity index (χ3v) is 13.7. The van der Waals surface area contributed by atoms with Crippen LogP contribution in [0, 0.1) is 56.7 Å². The lowest BCUT2D eigenvalue weighted by molar-refractivity contribution is -0.250. The Morgan fingerprint density at radius 3 is 2.03 bits per heavy atom. The molecule has 2 nitrogen and oxygen atoms in total. The molecule has 0 amide bonds. The molecule has 0 heterocycles. The zero-order valence-corrected chi connectivity index (χ0v) is 22.4. The third kappa shape index (κ3) is 2.78. The average Bonchev–Trinajstić information content (AvgIpc) is 3.04. The molecule has 2 N–H and O–H groups in total. The van der Waals surface area contributed by atoms with Crippen LogP contribution in [0.5, 0.6) is 0 Å². The molecule has 10 atom stereocenters. The smallest absolute Gasteiger partial charge is 0.0622 e. The van der Waals surface area contributed by atoms with Gasteiger partial charge in [0, 0.05) is 0 Å². The minimum absolute atomic E-state index is 0.0364. The van der Waals surface area contributed by atoms with E-state index >= 15 is 0 Å². The molecular weight excluding hydrogens is 392 g/mol. The molecule has 5 rings (SSSR count). The summed E-state index contributed by atoms with van der Waals surface area (Å²) in [6.45, 7) is 19.5. The van der Waals surface area contributed by atoms with E-state index in [4.69, 9.17) is 0 Å². The van der Waals surface area contributed by atoms with Crippen molar-refractivity contribution in [1.29, 1.82) is 0 Å². The molecule has 0 radical (unpaired) electrons. The molecule has 5 aliphatic carbocycles. The number of hydrogen-bond donors (Lipinski definition) is 2. The van der Waals surface area contributed by atoms with Crippen molar-refractivity contribution in [1.82, 2.24) is 0 Å². The van der Waals surface area contributed by atoms with Gasteiger partial charge in [0.1, 0.15) is 0 Å². The summed E-state index contributed by atoms with van der Waals surface area (Å²) in [5.41, 5.74) is 1.02. The second-order valence-electron chi connectivity index (χ2n) is 15.5. The lowest BCUT2D eigenvalue weighted by atomic mass is 9.32. The molecule has 5 aliphatic rings. The second kappa shape index (κ2) is 6.77. The maximum Gasteiger partial charge on any atom is 0.0622 e. The monoisotopic (exact) mass is 444 g/mol. The van der Waals surface area contributed by atoms with E-state index < -0.39 is 5.60 Å². The molecule has 0 saturated heterocycles. The van der Waals surface area contributed by atoms with E-state index in [2.05, 4.69) is 55.4 Å². The Bertz CT molecular complexity index is 765. The molecule has 0 aliphatic heterocycles. The molecule has 0 aromatic heterocycles. The van der Waals surface area contributed by atoms with Gasteiger partial charge in [0.2, 0.25) is 0 Å². The minimum Gasteiger partial charge on any atom is -0.393 e. The van der Waals surface area contributed by atoms with Gasteiger partial charge in [0.05, 0.1) is 11.7 Å². The van der Waals surface area contributed by atoms with Gasteiger partial charge in [0.25, 0.3) is 0 Å². The lowest BCUT2D eigenvalue weighted by Gasteiger charge is -2.73. The van der Waals surface area contributed by atoms with E-state index in [1.54, 1.807) is 0 Å². The van der Waals surface area contributed by atoms with Crippen LogP contribution in [0.15, 0.2) is 0 Å².